The highest BCUT2D eigenvalue weighted by atomic mass is 15.3. The van der Waals surface area contributed by atoms with Gasteiger partial charge in [0.15, 0.2) is 0 Å². The number of likely N-dealkylation sites (tertiary alicyclic amines) is 2. The van der Waals surface area contributed by atoms with E-state index >= 15 is 0 Å². The first-order valence-corrected chi connectivity index (χ1v) is 6.67. The van der Waals surface area contributed by atoms with Gasteiger partial charge in [-0.05, 0) is 58.0 Å². The summed E-state index contributed by atoms with van der Waals surface area (Å²) in [6.45, 7) is 10.2. The van der Waals surface area contributed by atoms with E-state index in [9.17, 15) is 0 Å². The predicted octanol–water partition coefficient (Wildman–Crippen LogP) is 1.95. The van der Waals surface area contributed by atoms with Crippen LogP contribution in [0.2, 0.25) is 0 Å². The van der Waals surface area contributed by atoms with Gasteiger partial charge in [0.1, 0.15) is 0 Å². The normalized spacial score (nSPS) is 32.2. The van der Waals surface area contributed by atoms with Gasteiger partial charge in [0.25, 0.3) is 0 Å². The standard InChI is InChI=1S/C13H24N2/c1-11(2)15-9-13(10-15)5-7-14(8-6-13)12-3-4-12/h11-12H,3-10H2,1-2H3. The Morgan fingerprint density at radius 2 is 1.67 bits per heavy atom. The third-order valence-corrected chi connectivity index (χ3v) is 4.73. The molecule has 0 bridgehead atoms. The molecular weight excluding hydrogens is 184 g/mol. The molecule has 0 radical (unpaired) electrons. The lowest BCUT2D eigenvalue weighted by Gasteiger charge is -2.55. The van der Waals surface area contributed by atoms with E-state index in [1.54, 1.807) is 0 Å². The van der Waals surface area contributed by atoms with Crippen LogP contribution in [0.1, 0.15) is 39.5 Å². The summed E-state index contributed by atoms with van der Waals surface area (Å²) in [5.41, 5.74) is 0.732. The zero-order chi connectivity index (χ0) is 10.5. The molecule has 0 atom stereocenters. The fourth-order valence-electron chi connectivity index (χ4n) is 3.30. The fraction of sp³-hybridized carbons (Fsp3) is 1.00. The van der Waals surface area contributed by atoms with E-state index in [0.717, 1.165) is 17.5 Å². The van der Waals surface area contributed by atoms with Gasteiger partial charge < -0.3 is 4.90 Å². The van der Waals surface area contributed by atoms with E-state index < -0.39 is 0 Å². The molecule has 15 heavy (non-hydrogen) atoms. The SMILES string of the molecule is CC(C)N1CC2(CCN(C3CC3)CC2)C1. The molecule has 3 rings (SSSR count). The van der Waals surface area contributed by atoms with Crippen LogP contribution in [-0.2, 0) is 0 Å². The van der Waals surface area contributed by atoms with Crippen molar-refractivity contribution in [3.63, 3.8) is 0 Å². The highest BCUT2D eigenvalue weighted by Gasteiger charge is 2.46. The third-order valence-electron chi connectivity index (χ3n) is 4.73. The number of rotatable bonds is 2. The summed E-state index contributed by atoms with van der Waals surface area (Å²) in [6, 6.07) is 1.75. The molecule has 86 valence electrons. The Morgan fingerprint density at radius 3 is 2.13 bits per heavy atom. The summed E-state index contributed by atoms with van der Waals surface area (Å²) >= 11 is 0. The average Bonchev–Trinajstić information content (AvgIpc) is 2.97. The summed E-state index contributed by atoms with van der Waals surface area (Å²) in [4.78, 5) is 5.37. The Morgan fingerprint density at radius 1 is 1.07 bits per heavy atom. The van der Waals surface area contributed by atoms with Crippen LogP contribution in [0.4, 0.5) is 0 Å². The van der Waals surface area contributed by atoms with E-state index in [1.807, 2.05) is 0 Å². The van der Waals surface area contributed by atoms with Crippen LogP contribution in [-0.4, -0.2) is 48.1 Å². The predicted molar refractivity (Wildman–Crippen MR) is 63.0 cm³/mol. The van der Waals surface area contributed by atoms with Gasteiger partial charge >= 0.3 is 0 Å². The van der Waals surface area contributed by atoms with Gasteiger partial charge in [0.05, 0.1) is 0 Å². The highest BCUT2D eigenvalue weighted by Crippen LogP contribution is 2.43. The molecule has 0 unspecified atom stereocenters. The Balaban J connectivity index is 1.50. The topological polar surface area (TPSA) is 6.48 Å². The zero-order valence-electron chi connectivity index (χ0n) is 10.2. The van der Waals surface area contributed by atoms with Gasteiger partial charge in [-0.25, -0.2) is 0 Å². The monoisotopic (exact) mass is 208 g/mol. The minimum atomic E-state index is 0.732. The van der Waals surface area contributed by atoms with E-state index in [2.05, 4.69) is 23.6 Å². The largest absolute Gasteiger partial charge is 0.300 e. The molecule has 0 N–H and O–H groups in total. The summed E-state index contributed by atoms with van der Waals surface area (Å²) in [6.07, 6.45) is 5.88. The first-order chi connectivity index (χ1) is 7.19. The molecule has 2 heteroatoms. The molecule has 3 fully saturated rings. The molecule has 1 saturated carbocycles. The molecule has 2 aliphatic heterocycles. The average molecular weight is 208 g/mol. The van der Waals surface area contributed by atoms with Crippen LogP contribution in [0.15, 0.2) is 0 Å². The third kappa shape index (κ3) is 1.83. The van der Waals surface area contributed by atoms with Crippen molar-refractivity contribution >= 4 is 0 Å². The maximum absolute atomic E-state index is 2.74. The molecule has 2 nitrogen and oxygen atoms in total. The van der Waals surface area contributed by atoms with Crippen molar-refractivity contribution in [3.8, 4) is 0 Å². The Labute approximate surface area is 93.6 Å². The van der Waals surface area contributed by atoms with Crippen molar-refractivity contribution < 1.29 is 0 Å². The lowest BCUT2D eigenvalue weighted by molar-refractivity contribution is -0.0633. The van der Waals surface area contributed by atoms with Gasteiger partial charge in [-0.1, -0.05) is 0 Å². The minimum Gasteiger partial charge on any atom is -0.300 e. The van der Waals surface area contributed by atoms with Gasteiger partial charge in [0.2, 0.25) is 0 Å². The van der Waals surface area contributed by atoms with Crippen molar-refractivity contribution in [1.29, 1.82) is 0 Å². The number of hydrogen-bond acceptors (Lipinski definition) is 2. The van der Waals surface area contributed by atoms with Gasteiger partial charge in [-0.15, -0.1) is 0 Å². The maximum Gasteiger partial charge on any atom is 0.00964 e. The molecule has 0 aromatic carbocycles. The van der Waals surface area contributed by atoms with Crippen LogP contribution < -0.4 is 0 Å². The van der Waals surface area contributed by atoms with Crippen LogP contribution in [0.5, 0.6) is 0 Å². The first kappa shape index (κ1) is 10.1. The Hall–Kier alpha value is -0.0800. The second-order valence-corrected chi connectivity index (χ2v) is 6.27. The van der Waals surface area contributed by atoms with E-state index in [-0.39, 0.29) is 0 Å². The van der Waals surface area contributed by atoms with Crippen molar-refractivity contribution in [1.82, 2.24) is 9.80 Å². The molecule has 0 aromatic rings. The van der Waals surface area contributed by atoms with Crippen molar-refractivity contribution in [2.75, 3.05) is 26.2 Å². The summed E-state index contributed by atoms with van der Waals surface area (Å²) in [5.74, 6) is 0. The molecule has 0 aromatic heterocycles. The number of hydrogen-bond donors (Lipinski definition) is 0. The maximum atomic E-state index is 2.74. The zero-order valence-corrected chi connectivity index (χ0v) is 10.2. The lowest BCUT2D eigenvalue weighted by atomic mass is 9.71. The highest BCUT2D eigenvalue weighted by molar-refractivity contribution is 5.01. The Kier molecular flexibility index (Phi) is 2.33. The van der Waals surface area contributed by atoms with Crippen molar-refractivity contribution in [2.45, 2.75) is 51.6 Å². The quantitative estimate of drug-likeness (QED) is 0.684. The molecule has 2 heterocycles. The molecular formula is C13H24N2. The molecule has 3 aliphatic rings. The minimum absolute atomic E-state index is 0.732. The second-order valence-electron chi connectivity index (χ2n) is 6.27. The molecule has 2 saturated heterocycles. The van der Waals surface area contributed by atoms with E-state index in [4.69, 9.17) is 0 Å². The van der Waals surface area contributed by atoms with E-state index in [0.29, 0.717) is 0 Å². The van der Waals surface area contributed by atoms with E-state index in [1.165, 1.54) is 51.9 Å². The van der Waals surface area contributed by atoms with Crippen LogP contribution in [0.25, 0.3) is 0 Å². The summed E-state index contributed by atoms with van der Waals surface area (Å²) in [5, 5.41) is 0. The number of piperidine rings is 1. The summed E-state index contributed by atoms with van der Waals surface area (Å²) < 4.78 is 0. The molecule has 1 spiro atoms. The molecule has 1 aliphatic carbocycles. The van der Waals surface area contributed by atoms with Crippen LogP contribution >= 0.6 is 0 Å². The van der Waals surface area contributed by atoms with Crippen molar-refractivity contribution in [3.05, 3.63) is 0 Å². The smallest absolute Gasteiger partial charge is 0.00964 e. The lowest BCUT2D eigenvalue weighted by Crippen LogP contribution is -2.62. The molecule has 0 amide bonds. The summed E-state index contributed by atoms with van der Waals surface area (Å²) in [7, 11) is 0. The fourth-order valence-corrected chi connectivity index (χ4v) is 3.30. The van der Waals surface area contributed by atoms with Crippen LogP contribution in [0.3, 0.4) is 0 Å². The Bertz CT molecular complexity index is 229. The number of nitrogens with zero attached hydrogens (tertiary/aromatic N) is 2. The van der Waals surface area contributed by atoms with Gasteiger partial charge in [-0.3, -0.25) is 4.90 Å². The second kappa shape index (κ2) is 3.46. The van der Waals surface area contributed by atoms with Crippen LogP contribution in [0, 0.1) is 5.41 Å². The van der Waals surface area contributed by atoms with Crippen molar-refractivity contribution in [2.24, 2.45) is 5.41 Å². The van der Waals surface area contributed by atoms with Gasteiger partial charge in [-0.2, -0.15) is 0 Å². The first-order valence-electron chi connectivity index (χ1n) is 6.67. The van der Waals surface area contributed by atoms with Gasteiger partial charge in [0, 0.05) is 25.2 Å².